The first-order chi connectivity index (χ1) is 11.6. The summed E-state index contributed by atoms with van der Waals surface area (Å²) in [6.45, 7) is 6.53. The molecule has 0 bridgehead atoms. The first kappa shape index (κ1) is 18.2. The number of carbonyl (C=O) groups excluding carboxylic acids is 2. The number of aromatic nitrogens is 1. The van der Waals surface area contributed by atoms with Crippen molar-refractivity contribution in [1.82, 2.24) is 4.57 Å². The lowest BCUT2D eigenvalue weighted by Gasteiger charge is -2.06. The third kappa shape index (κ3) is 4.44. The molecule has 0 fully saturated rings. The van der Waals surface area contributed by atoms with Crippen LogP contribution in [0.2, 0.25) is 0 Å². The molecule has 0 N–H and O–H groups in total. The molecule has 6 nitrogen and oxygen atoms in total. The zero-order chi connectivity index (χ0) is 17.5. The summed E-state index contributed by atoms with van der Waals surface area (Å²) in [7, 11) is 0. The molecule has 0 saturated carbocycles. The Morgan fingerprint density at radius 2 is 2.00 bits per heavy atom. The SMILES string of the molecule is CCCC(=O)N=c1sc2cc(OCC)ccc2n1CC(=O)OCC. The molecule has 0 atom stereocenters. The monoisotopic (exact) mass is 350 g/mol. The fourth-order valence-corrected chi connectivity index (χ4v) is 3.34. The third-order valence-electron chi connectivity index (χ3n) is 3.24. The molecule has 24 heavy (non-hydrogen) atoms. The molecule has 2 rings (SSSR count). The van der Waals surface area contributed by atoms with Crippen LogP contribution in [-0.2, 0) is 20.9 Å². The summed E-state index contributed by atoms with van der Waals surface area (Å²) in [5.41, 5.74) is 0.833. The minimum atomic E-state index is -0.351. The van der Waals surface area contributed by atoms with Gasteiger partial charge in [0.05, 0.1) is 23.4 Å². The highest BCUT2D eigenvalue weighted by Crippen LogP contribution is 2.23. The molecule has 0 spiro atoms. The van der Waals surface area contributed by atoms with Crippen LogP contribution in [0, 0.1) is 0 Å². The predicted molar refractivity (Wildman–Crippen MR) is 93.1 cm³/mol. The Morgan fingerprint density at radius 1 is 1.21 bits per heavy atom. The van der Waals surface area contributed by atoms with Gasteiger partial charge in [-0.15, -0.1) is 0 Å². The molecular weight excluding hydrogens is 328 g/mol. The van der Waals surface area contributed by atoms with Crippen molar-refractivity contribution in [2.24, 2.45) is 4.99 Å². The van der Waals surface area contributed by atoms with E-state index in [1.807, 2.05) is 32.0 Å². The van der Waals surface area contributed by atoms with Gasteiger partial charge in [-0.2, -0.15) is 4.99 Å². The molecule has 1 aromatic carbocycles. The van der Waals surface area contributed by atoms with Gasteiger partial charge in [-0.05, 0) is 38.5 Å². The van der Waals surface area contributed by atoms with Crippen molar-refractivity contribution in [3.05, 3.63) is 23.0 Å². The second-order valence-electron chi connectivity index (χ2n) is 5.09. The summed E-state index contributed by atoms with van der Waals surface area (Å²) in [5.74, 6) is 0.211. The van der Waals surface area contributed by atoms with Crippen molar-refractivity contribution in [2.75, 3.05) is 13.2 Å². The van der Waals surface area contributed by atoms with Gasteiger partial charge in [-0.3, -0.25) is 9.59 Å². The highest BCUT2D eigenvalue weighted by molar-refractivity contribution is 7.16. The molecule has 0 aliphatic rings. The smallest absolute Gasteiger partial charge is 0.326 e. The van der Waals surface area contributed by atoms with E-state index in [0.29, 0.717) is 24.4 Å². The molecule has 1 amide bonds. The molecule has 0 saturated heterocycles. The number of amides is 1. The largest absolute Gasteiger partial charge is 0.494 e. The minimum absolute atomic E-state index is 0.0278. The maximum absolute atomic E-state index is 11.9. The van der Waals surface area contributed by atoms with Crippen molar-refractivity contribution in [3.63, 3.8) is 0 Å². The van der Waals surface area contributed by atoms with Crippen molar-refractivity contribution in [2.45, 2.75) is 40.2 Å². The Balaban J connectivity index is 2.51. The number of ether oxygens (including phenoxy) is 2. The van der Waals surface area contributed by atoms with Gasteiger partial charge < -0.3 is 14.0 Å². The molecule has 7 heteroatoms. The number of fused-ring (bicyclic) bond motifs is 1. The second-order valence-corrected chi connectivity index (χ2v) is 6.10. The van der Waals surface area contributed by atoms with Gasteiger partial charge >= 0.3 is 5.97 Å². The van der Waals surface area contributed by atoms with Crippen molar-refractivity contribution in [1.29, 1.82) is 0 Å². The number of hydrogen-bond acceptors (Lipinski definition) is 5. The quantitative estimate of drug-likeness (QED) is 0.720. The minimum Gasteiger partial charge on any atom is -0.494 e. The van der Waals surface area contributed by atoms with E-state index in [1.165, 1.54) is 11.3 Å². The van der Waals surface area contributed by atoms with Crippen LogP contribution in [0.15, 0.2) is 23.2 Å². The number of carbonyl (C=O) groups is 2. The maximum atomic E-state index is 11.9. The van der Waals surface area contributed by atoms with Crippen LogP contribution < -0.4 is 9.54 Å². The zero-order valence-electron chi connectivity index (χ0n) is 14.2. The lowest BCUT2D eigenvalue weighted by molar-refractivity contribution is -0.143. The van der Waals surface area contributed by atoms with Gasteiger partial charge in [-0.25, -0.2) is 0 Å². The molecule has 0 aliphatic carbocycles. The number of hydrogen-bond donors (Lipinski definition) is 0. The predicted octanol–water partition coefficient (Wildman–Crippen LogP) is 2.89. The molecule has 2 aromatic rings. The highest BCUT2D eigenvalue weighted by atomic mass is 32.1. The van der Waals surface area contributed by atoms with Gasteiger partial charge in [0, 0.05) is 6.42 Å². The lowest BCUT2D eigenvalue weighted by atomic mass is 10.3. The zero-order valence-corrected chi connectivity index (χ0v) is 15.0. The Kier molecular flexibility index (Phi) is 6.54. The van der Waals surface area contributed by atoms with Gasteiger partial charge in [0.1, 0.15) is 12.3 Å². The van der Waals surface area contributed by atoms with E-state index in [2.05, 4.69) is 4.99 Å². The van der Waals surface area contributed by atoms with Crippen LogP contribution in [-0.4, -0.2) is 29.7 Å². The maximum Gasteiger partial charge on any atom is 0.326 e. The Bertz CT molecular complexity index is 791. The lowest BCUT2D eigenvalue weighted by Crippen LogP contribution is -2.23. The Morgan fingerprint density at radius 3 is 2.67 bits per heavy atom. The average molecular weight is 350 g/mol. The average Bonchev–Trinajstić information content (AvgIpc) is 2.85. The van der Waals surface area contributed by atoms with Crippen LogP contribution in [0.25, 0.3) is 10.2 Å². The third-order valence-corrected chi connectivity index (χ3v) is 4.28. The fraction of sp³-hybridized carbons (Fsp3) is 0.471. The van der Waals surface area contributed by atoms with E-state index < -0.39 is 0 Å². The molecule has 0 radical (unpaired) electrons. The van der Waals surface area contributed by atoms with Crippen LogP contribution >= 0.6 is 11.3 Å². The second kappa shape index (κ2) is 8.63. The van der Waals surface area contributed by atoms with E-state index in [-0.39, 0.29) is 18.4 Å². The van der Waals surface area contributed by atoms with Gasteiger partial charge in [0.25, 0.3) is 0 Å². The van der Waals surface area contributed by atoms with Crippen molar-refractivity contribution >= 4 is 33.4 Å². The van der Waals surface area contributed by atoms with Crippen LogP contribution in [0.1, 0.15) is 33.6 Å². The molecule has 130 valence electrons. The fourth-order valence-electron chi connectivity index (χ4n) is 2.26. The highest BCUT2D eigenvalue weighted by Gasteiger charge is 2.13. The van der Waals surface area contributed by atoms with E-state index in [0.717, 1.165) is 22.4 Å². The first-order valence-corrected chi connectivity index (χ1v) is 8.90. The van der Waals surface area contributed by atoms with E-state index in [1.54, 1.807) is 11.5 Å². The van der Waals surface area contributed by atoms with Crippen LogP contribution in [0.4, 0.5) is 0 Å². The standard InChI is InChI=1S/C17H22N2O4S/c1-4-7-15(20)18-17-19(11-16(21)23-6-3)13-9-8-12(22-5-2)10-14(13)24-17/h8-10H,4-7,11H2,1-3H3. The summed E-state index contributed by atoms with van der Waals surface area (Å²) in [6, 6.07) is 5.62. The molecule has 0 unspecified atom stereocenters. The normalized spacial score (nSPS) is 11.7. The van der Waals surface area contributed by atoms with Gasteiger partial charge in [-0.1, -0.05) is 18.3 Å². The Labute approximate surface area is 144 Å². The summed E-state index contributed by atoms with van der Waals surface area (Å²) >= 11 is 1.37. The topological polar surface area (TPSA) is 69.9 Å². The van der Waals surface area contributed by atoms with Crippen molar-refractivity contribution < 1.29 is 19.1 Å². The van der Waals surface area contributed by atoms with Gasteiger partial charge in [0.2, 0.25) is 5.91 Å². The summed E-state index contributed by atoms with van der Waals surface area (Å²) in [6.07, 6.45) is 1.12. The van der Waals surface area contributed by atoms with Crippen molar-refractivity contribution in [3.8, 4) is 5.75 Å². The number of rotatable bonds is 7. The van der Waals surface area contributed by atoms with E-state index in [9.17, 15) is 9.59 Å². The molecule has 1 heterocycles. The number of benzene rings is 1. The number of esters is 1. The Hall–Kier alpha value is -2.15. The number of nitrogens with zero attached hydrogens (tertiary/aromatic N) is 2. The van der Waals surface area contributed by atoms with Gasteiger partial charge in [0.15, 0.2) is 4.80 Å². The molecule has 1 aromatic heterocycles. The summed E-state index contributed by atoms with van der Waals surface area (Å²) in [5, 5.41) is 0. The van der Waals surface area contributed by atoms with Crippen LogP contribution in [0.5, 0.6) is 5.75 Å². The van der Waals surface area contributed by atoms with E-state index >= 15 is 0 Å². The van der Waals surface area contributed by atoms with Crippen LogP contribution in [0.3, 0.4) is 0 Å². The first-order valence-electron chi connectivity index (χ1n) is 8.08. The van der Waals surface area contributed by atoms with E-state index in [4.69, 9.17) is 9.47 Å². The number of thiazole rings is 1. The summed E-state index contributed by atoms with van der Waals surface area (Å²) in [4.78, 5) is 28.5. The summed E-state index contributed by atoms with van der Waals surface area (Å²) < 4.78 is 13.2. The molecule has 0 aliphatic heterocycles. The molecular formula is C17H22N2O4S.